The predicted octanol–water partition coefficient (Wildman–Crippen LogP) is 3.82. The van der Waals surface area contributed by atoms with Crippen molar-refractivity contribution in [1.29, 1.82) is 0 Å². The topological polar surface area (TPSA) is 44.5 Å². The highest BCUT2D eigenvalue weighted by atomic mass is 16.5. The number of fused-ring (bicyclic) bond motifs is 1. The first-order valence-corrected chi connectivity index (χ1v) is 7.81. The largest absolute Gasteiger partial charge is 0.497 e. The standard InChI is InChI=1S/C17H25NO2/c1-3-12-6-4-5-9-17(12)11-15(18)14-8-7-13(19-2)10-16(14)20-17/h7-8,10,12,15H,3-6,9,11,18H2,1-2H3. The van der Waals surface area contributed by atoms with Gasteiger partial charge in [-0.05, 0) is 37.7 Å². The summed E-state index contributed by atoms with van der Waals surface area (Å²) < 4.78 is 11.8. The van der Waals surface area contributed by atoms with E-state index in [1.807, 2.05) is 12.1 Å². The van der Waals surface area contributed by atoms with Gasteiger partial charge in [0, 0.05) is 24.1 Å². The first-order valence-electron chi connectivity index (χ1n) is 7.81. The third-order valence-corrected chi connectivity index (χ3v) is 5.14. The lowest BCUT2D eigenvalue weighted by molar-refractivity contribution is -0.0490. The van der Waals surface area contributed by atoms with Gasteiger partial charge in [-0.1, -0.05) is 19.4 Å². The first-order chi connectivity index (χ1) is 9.68. The average molecular weight is 275 g/mol. The van der Waals surface area contributed by atoms with Gasteiger partial charge in [-0.25, -0.2) is 0 Å². The van der Waals surface area contributed by atoms with Gasteiger partial charge in [0.2, 0.25) is 0 Å². The second-order valence-corrected chi connectivity index (χ2v) is 6.23. The summed E-state index contributed by atoms with van der Waals surface area (Å²) in [4.78, 5) is 0. The van der Waals surface area contributed by atoms with Gasteiger partial charge in [-0.3, -0.25) is 0 Å². The molecule has 1 aromatic carbocycles. The van der Waals surface area contributed by atoms with Crippen molar-refractivity contribution >= 4 is 0 Å². The number of nitrogens with two attached hydrogens (primary N) is 1. The fraction of sp³-hybridized carbons (Fsp3) is 0.647. The first kappa shape index (κ1) is 13.7. The lowest BCUT2D eigenvalue weighted by Gasteiger charge is -2.48. The Hall–Kier alpha value is -1.22. The Morgan fingerprint density at radius 2 is 2.25 bits per heavy atom. The van der Waals surface area contributed by atoms with E-state index in [0.29, 0.717) is 5.92 Å². The zero-order chi connectivity index (χ0) is 14.2. The lowest BCUT2D eigenvalue weighted by atomic mass is 9.69. The van der Waals surface area contributed by atoms with Gasteiger partial charge in [-0.2, -0.15) is 0 Å². The molecule has 2 aliphatic rings. The highest BCUT2D eigenvalue weighted by Crippen LogP contribution is 2.49. The van der Waals surface area contributed by atoms with Crippen molar-refractivity contribution in [1.82, 2.24) is 0 Å². The van der Waals surface area contributed by atoms with Crippen molar-refractivity contribution in [3.05, 3.63) is 23.8 Å². The molecular formula is C17H25NO2. The van der Waals surface area contributed by atoms with Gasteiger partial charge in [0.1, 0.15) is 17.1 Å². The maximum Gasteiger partial charge on any atom is 0.128 e. The van der Waals surface area contributed by atoms with Gasteiger partial charge in [0.25, 0.3) is 0 Å². The van der Waals surface area contributed by atoms with Crippen LogP contribution in [0.4, 0.5) is 0 Å². The molecule has 0 radical (unpaired) electrons. The van der Waals surface area contributed by atoms with Crippen LogP contribution in [0.2, 0.25) is 0 Å². The van der Waals surface area contributed by atoms with Crippen molar-refractivity contribution in [3.8, 4) is 11.5 Å². The molecule has 2 N–H and O–H groups in total. The van der Waals surface area contributed by atoms with E-state index in [2.05, 4.69) is 13.0 Å². The molecule has 0 saturated heterocycles. The molecule has 110 valence electrons. The van der Waals surface area contributed by atoms with E-state index in [4.69, 9.17) is 15.2 Å². The summed E-state index contributed by atoms with van der Waals surface area (Å²) in [6, 6.07) is 6.10. The minimum Gasteiger partial charge on any atom is -0.497 e. The van der Waals surface area contributed by atoms with E-state index in [0.717, 1.165) is 29.9 Å². The van der Waals surface area contributed by atoms with E-state index < -0.39 is 0 Å². The number of methoxy groups -OCH3 is 1. The number of rotatable bonds is 2. The minimum absolute atomic E-state index is 0.0498. The molecule has 1 heterocycles. The zero-order valence-corrected chi connectivity index (χ0v) is 12.5. The summed E-state index contributed by atoms with van der Waals surface area (Å²) in [5.74, 6) is 2.40. The normalized spacial score (nSPS) is 32.5. The predicted molar refractivity (Wildman–Crippen MR) is 80.1 cm³/mol. The summed E-state index contributed by atoms with van der Waals surface area (Å²) in [5, 5.41) is 0. The fourth-order valence-corrected chi connectivity index (χ4v) is 4.04. The molecule has 1 saturated carbocycles. The van der Waals surface area contributed by atoms with E-state index in [9.17, 15) is 0 Å². The Balaban J connectivity index is 1.97. The molecule has 3 unspecified atom stereocenters. The van der Waals surface area contributed by atoms with Crippen LogP contribution in [0.5, 0.6) is 11.5 Å². The fourth-order valence-electron chi connectivity index (χ4n) is 4.04. The Kier molecular flexibility index (Phi) is 3.63. The summed E-state index contributed by atoms with van der Waals surface area (Å²) in [6.07, 6.45) is 7.10. The van der Waals surface area contributed by atoms with Crippen LogP contribution in [0.15, 0.2) is 18.2 Å². The summed E-state index contributed by atoms with van der Waals surface area (Å²) in [6.45, 7) is 2.27. The molecule has 1 fully saturated rings. The van der Waals surface area contributed by atoms with Gasteiger partial charge in [-0.15, -0.1) is 0 Å². The van der Waals surface area contributed by atoms with E-state index in [1.165, 1.54) is 25.7 Å². The number of ether oxygens (including phenoxy) is 2. The molecule has 3 rings (SSSR count). The quantitative estimate of drug-likeness (QED) is 0.892. The van der Waals surface area contributed by atoms with Crippen molar-refractivity contribution < 1.29 is 9.47 Å². The molecule has 0 amide bonds. The second kappa shape index (κ2) is 5.28. The van der Waals surface area contributed by atoms with Crippen molar-refractivity contribution in [2.75, 3.05) is 7.11 Å². The molecule has 0 bridgehead atoms. The summed E-state index contributed by atoms with van der Waals surface area (Å²) >= 11 is 0. The van der Waals surface area contributed by atoms with Crippen LogP contribution in [-0.2, 0) is 0 Å². The Bertz CT molecular complexity index is 488. The SMILES string of the molecule is CCC1CCCCC12CC(N)c1ccc(OC)cc1O2. The Labute approximate surface area is 121 Å². The van der Waals surface area contributed by atoms with Gasteiger partial charge >= 0.3 is 0 Å². The maximum atomic E-state index is 6.52. The summed E-state index contributed by atoms with van der Waals surface area (Å²) in [5.41, 5.74) is 7.51. The lowest BCUT2D eigenvalue weighted by Crippen LogP contribution is -2.50. The van der Waals surface area contributed by atoms with Crippen molar-refractivity contribution in [2.45, 2.75) is 57.1 Å². The average Bonchev–Trinajstić information content (AvgIpc) is 2.47. The molecule has 1 spiro atoms. The number of hydrogen-bond donors (Lipinski definition) is 1. The highest BCUT2D eigenvalue weighted by molar-refractivity contribution is 5.44. The third kappa shape index (κ3) is 2.18. The van der Waals surface area contributed by atoms with Crippen molar-refractivity contribution in [3.63, 3.8) is 0 Å². The second-order valence-electron chi connectivity index (χ2n) is 6.23. The van der Waals surface area contributed by atoms with Crippen LogP contribution >= 0.6 is 0 Å². The molecule has 3 heteroatoms. The van der Waals surface area contributed by atoms with Crippen LogP contribution < -0.4 is 15.2 Å². The van der Waals surface area contributed by atoms with Crippen LogP contribution in [0.3, 0.4) is 0 Å². The van der Waals surface area contributed by atoms with E-state index >= 15 is 0 Å². The molecule has 1 aromatic rings. The Morgan fingerprint density at radius 1 is 1.40 bits per heavy atom. The smallest absolute Gasteiger partial charge is 0.128 e. The zero-order valence-electron chi connectivity index (χ0n) is 12.5. The number of hydrogen-bond acceptors (Lipinski definition) is 3. The monoisotopic (exact) mass is 275 g/mol. The molecule has 1 aliphatic carbocycles. The van der Waals surface area contributed by atoms with Crippen LogP contribution in [-0.4, -0.2) is 12.7 Å². The summed E-state index contributed by atoms with van der Waals surface area (Å²) in [7, 11) is 1.69. The van der Waals surface area contributed by atoms with Crippen LogP contribution in [0.1, 0.15) is 57.1 Å². The van der Waals surface area contributed by atoms with Gasteiger partial charge < -0.3 is 15.2 Å². The minimum atomic E-state index is -0.0498. The molecule has 3 nitrogen and oxygen atoms in total. The Morgan fingerprint density at radius 3 is 3.00 bits per heavy atom. The van der Waals surface area contributed by atoms with Crippen LogP contribution in [0.25, 0.3) is 0 Å². The van der Waals surface area contributed by atoms with Gasteiger partial charge in [0.15, 0.2) is 0 Å². The molecular weight excluding hydrogens is 250 g/mol. The maximum absolute atomic E-state index is 6.52. The number of benzene rings is 1. The molecule has 1 aliphatic heterocycles. The molecule has 20 heavy (non-hydrogen) atoms. The van der Waals surface area contributed by atoms with Gasteiger partial charge in [0.05, 0.1) is 7.11 Å². The highest BCUT2D eigenvalue weighted by Gasteiger charge is 2.46. The van der Waals surface area contributed by atoms with Crippen LogP contribution in [0, 0.1) is 5.92 Å². The molecule has 0 aromatic heterocycles. The molecule has 3 atom stereocenters. The van der Waals surface area contributed by atoms with E-state index in [-0.39, 0.29) is 11.6 Å². The third-order valence-electron chi connectivity index (χ3n) is 5.14. The van der Waals surface area contributed by atoms with E-state index in [1.54, 1.807) is 7.11 Å². The van der Waals surface area contributed by atoms with Crippen molar-refractivity contribution in [2.24, 2.45) is 11.7 Å².